The Morgan fingerprint density at radius 1 is 1.07 bits per heavy atom. The van der Waals surface area contributed by atoms with E-state index in [0.717, 1.165) is 5.39 Å². The summed E-state index contributed by atoms with van der Waals surface area (Å²) < 4.78 is 42.3. The summed E-state index contributed by atoms with van der Waals surface area (Å²) in [7, 11) is 0. The number of halogens is 4. The van der Waals surface area contributed by atoms with Gasteiger partial charge in [-0.2, -0.15) is 13.2 Å². The molecule has 1 N–H and O–H groups in total. The second-order valence-electron chi connectivity index (χ2n) is 6.63. The first-order valence-corrected chi connectivity index (χ1v) is 9.01. The molecule has 1 atom stereocenters. The molecule has 0 spiro atoms. The first-order chi connectivity index (χ1) is 13.9. The van der Waals surface area contributed by atoms with Gasteiger partial charge in [0.25, 0.3) is 5.60 Å². The highest BCUT2D eigenvalue weighted by Crippen LogP contribution is 2.49. The lowest BCUT2D eigenvalue weighted by Crippen LogP contribution is -2.42. The number of hydrogen-bond acceptors (Lipinski definition) is 4. The summed E-state index contributed by atoms with van der Waals surface area (Å²) in [6.07, 6.45) is -3.93. The Hall–Kier alpha value is -3.06. The van der Waals surface area contributed by atoms with Crippen LogP contribution in [0.1, 0.15) is 23.1 Å². The molecule has 3 aromatic carbocycles. The normalized spacial score (nSPS) is 19.5. The summed E-state index contributed by atoms with van der Waals surface area (Å²) in [6, 6.07) is 16.0. The summed E-state index contributed by atoms with van der Waals surface area (Å²) in [6.45, 7) is 0. The maximum absolute atomic E-state index is 14.1. The van der Waals surface area contributed by atoms with E-state index < -0.39 is 18.2 Å². The van der Waals surface area contributed by atoms with Crippen molar-refractivity contribution >= 4 is 34.3 Å². The highest BCUT2D eigenvalue weighted by Gasteiger charge is 2.62. The maximum atomic E-state index is 14.1. The fourth-order valence-corrected chi connectivity index (χ4v) is 3.73. The van der Waals surface area contributed by atoms with E-state index in [0.29, 0.717) is 16.5 Å². The van der Waals surface area contributed by atoms with E-state index >= 15 is 0 Å². The van der Waals surface area contributed by atoms with E-state index in [2.05, 4.69) is 10.3 Å². The van der Waals surface area contributed by atoms with E-state index in [4.69, 9.17) is 21.6 Å². The minimum atomic E-state index is -4.71. The molecule has 0 fully saturated rings. The van der Waals surface area contributed by atoms with Gasteiger partial charge in [0, 0.05) is 28.1 Å². The van der Waals surface area contributed by atoms with Crippen LogP contribution in [0, 0.1) is 0 Å². The van der Waals surface area contributed by atoms with Crippen molar-refractivity contribution in [3.63, 3.8) is 0 Å². The van der Waals surface area contributed by atoms with Gasteiger partial charge in [-0.1, -0.05) is 70.4 Å². The molecule has 1 aliphatic rings. The zero-order valence-corrected chi connectivity index (χ0v) is 15.6. The van der Waals surface area contributed by atoms with Gasteiger partial charge in [-0.15, -0.1) is 0 Å². The Labute approximate surface area is 168 Å². The second kappa shape index (κ2) is 7.08. The minimum absolute atomic E-state index is 0.107. The molecule has 4 nitrogen and oxygen atoms in total. The molecule has 0 aromatic heterocycles. The van der Waals surface area contributed by atoms with Crippen LogP contribution in [0.3, 0.4) is 0 Å². The Morgan fingerprint density at radius 3 is 2.52 bits per heavy atom. The van der Waals surface area contributed by atoms with Crippen LogP contribution >= 0.6 is 11.6 Å². The molecule has 0 saturated carbocycles. The van der Waals surface area contributed by atoms with Crippen molar-refractivity contribution in [1.82, 2.24) is 0 Å². The molecule has 0 radical (unpaired) electrons. The van der Waals surface area contributed by atoms with E-state index in [-0.39, 0.29) is 16.3 Å². The van der Waals surface area contributed by atoms with Crippen LogP contribution in [0.2, 0.25) is 5.02 Å². The van der Waals surface area contributed by atoms with Crippen LogP contribution in [0.4, 0.5) is 13.2 Å². The number of alkyl halides is 3. The van der Waals surface area contributed by atoms with Crippen LogP contribution in [0.15, 0.2) is 71.0 Å². The van der Waals surface area contributed by atoms with E-state index in [1.165, 1.54) is 30.5 Å². The molecule has 8 heteroatoms. The van der Waals surface area contributed by atoms with Crippen molar-refractivity contribution in [1.29, 1.82) is 0 Å². The van der Waals surface area contributed by atoms with E-state index in [9.17, 15) is 13.2 Å². The molecule has 1 aliphatic heterocycles. The third kappa shape index (κ3) is 3.21. The second-order valence-corrected chi connectivity index (χ2v) is 7.07. The molecule has 148 valence electrons. The lowest BCUT2D eigenvalue weighted by Gasteiger charge is -2.29. The summed E-state index contributed by atoms with van der Waals surface area (Å²) in [4.78, 5) is 5.08. The molecule has 0 aliphatic carbocycles. The molecule has 3 aromatic rings. The van der Waals surface area contributed by atoms with Gasteiger partial charge in [-0.3, -0.25) is 0 Å². The van der Waals surface area contributed by atoms with Gasteiger partial charge in [0.15, 0.2) is 0 Å². The predicted molar refractivity (Wildman–Crippen MR) is 105 cm³/mol. The number of benzene rings is 3. The Morgan fingerprint density at radius 2 is 1.83 bits per heavy atom. The standard InChI is InChI=1S/C21H14ClF3N2O2/c22-15-5-3-4-14(10-15)20(21(23,24)25)11-19(27-29-20)18-9-8-13(12-26-28)16-6-1-2-7-17(16)18/h1-10,12,28H,11H2/b26-12+. The highest BCUT2D eigenvalue weighted by atomic mass is 35.5. The molecule has 0 amide bonds. The average Bonchev–Trinajstić information content (AvgIpc) is 3.15. The number of hydrogen-bond donors (Lipinski definition) is 1. The average molecular weight is 419 g/mol. The molecule has 29 heavy (non-hydrogen) atoms. The zero-order valence-electron chi connectivity index (χ0n) is 14.8. The fourth-order valence-electron chi connectivity index (χ4n) is 3.54. The molecular formula is C21H14ClF3N2O2. The summed E-state index contributed by atoms with van der Waals surface area (Å²) in [5.74, 6) is 0. The topological polar surface area (TPSA) is 54.2 Å². The third-order valence-corrected chi connectivity index (χ3v) is 5.18. The van der Waals surface area contributed by atoms with Gasteiger partial charge in [0.1, 0.15) is 0 Å². The zero-order chi connectivity index (χ0) is 20.6. The summed E-state index contributed by atoms with van der Waals surface area (Å²) >= 11 is 5.92. The van der Waals surface area contributed by atoms with Crippen molar-refractivity contribution in [2.45, 2.75) is 18.2 Å². The van der Waals surface area contributed by atoms with Gasteiger partial charge in [0.05, 0.1) is 11.9 Å². The molecule has 0 saturated heterocycles. The van der Waals surface area contributed by atoms with Gasteiger partial charge < -0.3 is 10.0 Å². The molecule has 1 heterocycles. The van der Waals surface area contributed by atoms with Crippen molar-refractivity contribution < 1.29 is 23.2 Å². The summed E-state index contributed by atoms with van der Waals surface area (Å²) in [5.41, 5.74) is -1.40. The van der Waals surface area contributed by atoms with Crippen molar-refractivity contribution in [2.24, 2.45) is 10.3 Å². The Bertz CT molecular complexity index is 1140. The van der Waals surface area contributed by atoms with Gasteiger partial charge in [-0.25, -0.2) is 0 Å². The fraction of sp³-hybridized carbons (Fsp3) is 0.143. The molecular weight excluding hydrogens is 405 g/mol. The lowest BCUT2D eigenvalue weighted by molar-refractivity contribution is -0.275. The third-order valence-electron chi connectivity index (χ3n) is 4.94. The van der Waals surface area contributed by atoms with Gasteiger partial charge in [0.2, 0.25) is 0 Å². The van der Waals surface area contributed by atoms with Crippen LogP contribution in [-0.2, 0) is 10.4 Å². The van der Waals surface area contributed by atoms with Crippen molar-refractivity contribution in [3.05, 3.63) is 82.4 Å². The van der Waals surface area contributed by atoms with Crippen LogP contribution in [-0.4, -0.2) is 23.3 Å². The monoisotopic (exact) mass is 418 g/mol. The van der Waals surface area contributed by atoms with Gasteiger partial charge in [-0.05, 0) is 22.9 Å². The Balaban J connectivity index is 1.82. The quantitative estimate of drug-likeness (QED) is 0.328. The maximum Gasteiger partial charge on any atom is 0.435 e. The minimum Gasteiger partial charge on any atom is -0.411 e. The number of rotatable bonds is 3. The number of fused-ring (bicyclic) bond motifs is 1. The van der Waals surface area contributed by atoms with Crippen LogP contribution < -0.4 is 0 Å². The molecule has 1 unspecified atom stereocenters. The van der Waals surface area contributed by atoms with Gasteiger partial charge >= 0.3 is 6.18 Å². The smallest absolute Gasteiger partial charge is 0.411 e. The first kappa shape index (κ1) is 19.3. The largest absolute Gasteiger partial charge is 0.435 e. The predicted octanol–water partition coefficient (Wildman–Crippen LogP) is 5.88. The lowest BCUT2D eigenvalue weighted by atomic mass is 9.85. The summed E-state index contributed by atoms with van der Waals surface area (Å²) in [5, 5.41) is 17.3. The number of oxime groups is 2. The van der Waals surface area contributed by atoms with Crippen molar-refractivity contribution in [3.8, 4) is 0 Å². The Kier molecular flexibility index (Phi) is 4.70. The SMILES string of the molecule is O/N=C/c1ccc(C2=NOC(c3cccc(Cl)c3)(C(F)(F)F)C2)c2ccccc12. The first-order valence-electron chi connectivity index (χ1n) is 8.63. The van der Waals surface area contributed by atoms with E-state index in [1.807, 2.05) is 0 Å². The van der Waals surface area contributed by atoms with Crippen LogP contribution in [0.25, 0.3) is 10.8 Å². The van der Waals surface area contributed by atoms with Crippen molar-refractivity contribution in [2.75, 3.05) is 0 Å². The molecule has 0 bridgehead atoms. The van der Waals surface area contributed by atoms with E-state index in [1.54, 1.807) is 36.4 Å². The number of nitrogens with zero attached hydrogens (tertiary/aromatic N) is 2. The molecule has 4 rings (SSSR count). The highest BCUT2D eigenvalue weighted by molar-refractivity contribution is 6.30. The van der Waals surface area contributed by atoms with Crippen LogP contribution in [0.5, 0.6) is 0 Å².